The maximum absolute atomic E-state index is 13.6. The first-order valence-corrected chi connectivity index (χ1v) is 7.93. The summed E-state index contributed by atoms with van der Waals surface area (Å²) in [7, 11) is 0. The molecule has 1 amide bonds. The third kappa shape index (κ3) is 3.83. The summed E-state index contributed by atoms with van der Waals surface area (Å²) in [6.45, 7) is 3.87. The van der Waals surface area contributed by atoms with Gasteiger partial charge in [-0.2, -0.15) is 0 Å². The maximum atomic E-state index is 13.6. The molecule has 2 atom stereocenters. The number of hydrogen-bond donors (Lipinski definition) is 3. The molecule has 2 aromatic rings. The molecule has 1 fully saturated rings. The van der Waals surface area contributed by atoms with Gasteiger partial charge in [-0.3, -0.25) is 4.79 Å². The van der Waals surface area contributed by atoms with Crippen LogP contribution < -0.4 is 16.0 Å². The largest absolute Gasteiger partial charge is 0.354 e. The minimum Gasteiger partial charge on any atom is -0.354 e. The van der Waals surface area contributed by atoms with Gasteiger partial charge in [0, 0.05) is 11.4 Å². The van der Waals surface area contributed by atoms with Crippen LogP contribution in [0, 0.1) is 17.6 Å². The van der Waals surface area contributed by atoms with Gasteiger partial charge in [0.1, 0.15) is 17.6 Å². The lowest BCUT2D eigenvalue weighted by atomic mass is 9.88. The van der Waals surface area contributed by atoms with Gasteiger partial charge in [0.2, 0.25) is 5.91 Å². The number of thiocarbonyl (C=S) groups is 1. The lowest BCUT2D eigenvalue weighted by molar-refractivity contribution is -0.119. The van der Waals surface area contributed by atoms with E-state index in [1.807, 2.05) is 0 Å². The van der Waals surface area contributed by atoms with E-state index in [0.717, 1.165) is 0 Å². The molecule has 1 aliphatic rings. The van der Waals surface area contributed by atoms with E-state index in [2.05, 4.69) is 22.5 Å². The van der Waals surface area contributed by atoms with Crippen LogP contribution in [0.4, 0.5) is 14.5 Å². The first kappa shape index (κ1) is 17.0. The number of benzene rings is 2. The Morgan fingerprint density at radius 3 is 2.52 bits per heavy atom. The average Bonchev–Trinajstić information content (AvgIpc) is 2.56. The van der Waals surface area contributed by atoms with Crippen LogP contribution in [-0.4, -0.2) is 11.0 Å². The Balaban J connectivity index is 1.89. The van der Waals surface area contributed by atoms with Gasteiger partial charge in [0.05, 0.1) is 6.04 Å². The van der Waals surface area contributed by atoms with E-state index in [1.54, 1.807) is 12.1 Å². The van der Waals surface area contributed by atoms with Gasteiger partial charge < -0.3 is 16.0 Å². The van der Waals surface area contributed by atoms with E-state index in [1.165, 1.54) is 36.4 Å². The summed E-state index contributed by atoms with van der Waals surface area (Å²) < 4.78 is 26.6. The number of amides is 1. The van der Waals surface area contributed by atoms with E-state index in [4.69, 9.17) is 12.2 Å². The third-order valence-corrected chi connectivity index (χ3v) is 4.09. The number of hydrogen-bond acceptors (Lipinski definition) is 2. The maximum Gasteiger partial charge on any atom is 0.235 e. The van der Waals surface area contributed by atoms with Gasteiger partial charge in [0.15, 0.2) is 5.11 Å². The molecule has 2 aromatic carbocycles. The fraction of sp³-hybridized carbons (Fsp3) is 0.111. The minimum atomic E-state index is -0.737. The van der Waals surface area contributed by atoms with Crippen LogP contribution in [0.1, 0.15) is 11.6 Å². The van der Waals surface area contributed by atoms with E-state index in [-0.39, 0.29) is 5.91 Å². The van der Waals surface area contributed by atoms with Crippen LogP contribution >= 0.6 is 12.2 Å². The van der Waals surface area contributed by atoms with E-state index >= 15 is 0 Å². The second-order valence-electron chi connectivity index (χ2n) is 5.63. The highest BCUT2D eigenvalue weighted by molar-refractivity contribution is 7.80. The topological polar surface area (TPSA) is 53.2 Å². The van der Waals surface area contributed by atoms with Gasteiger partial charge in [-0.1, -0.05) is 18.7 Å². The standard InChI is InChI=1S/C18H15F2N3OS/c1-10-15(17(24)22-14-7-5-12(19)6-8-14)16(23-18(25)21-10)11-3-2-4-13(20)9-11/h2-9,15-16H,1H2,(H,22,24)(H2,21,23,25). The highest BCUT2D eigenvalue weighted by Gasteiger charge is 2.36. The summed E-state index contributed by atoms with van der Waals surface area (Å²) in [5.74, 6) is -1.91. The molecule has 1 heterocycles. The second kappa shape index (κ2) is 6.98. The number of carbonyl (C=O) groups excluding carboxylic acids is 1. The third-order valence-electron chi connectivity index (χ3n) is 3.87. The Labute approximate surface area is 148 Å². The van der Waals surface area contributed by atoms with Crippen molar-refractivity contribution in [2.24, 2.45) is 5.92 Å². The molecule has 0 saturated carbocycles. The average molecular weight is 359 g/mol. The first-order chi connectivity index (χ1) is 11.9. The van der Waals surface area contributed by atoms with Crippen LogP contribution in [0.5, 0.6) is 0 Å². The van der Waals surface area contributed by atoms with Crippen LogP contribution in [0.15, 0.2) is 60.8 Å². The van der Waals surface area contributed by atoms with Crippen LogP contribution in [0.2, 0.25) is 0 Å². The zero-order valence-corrected chi connectivity index (χ0v) is 13.9. The Morgan fingerprint density at radius 2 is 1.84 bits per heavy atom. The van der Waals surface area contributed by atoms with Crippen LogP contribution in [0.25, 0.3) is 0 Å². The molecule has 25 heavy (non-hydrogen) atoms. The van der Waals surface area contributed by atoms with E-state index in [9.17, 15) is 13.6 Å². The van der Waals surface area contributed by atoms with Gasteiger partial charge in [-0.25, -0.2) is 8.78 Å². The molecule has 0 radical (unpaired) electrons. The molecule has 1 saturated heterocycles. The van der Waals surface area contributed by atoms with Crippen LogP contribution in [0.3, 0.4) is 0 Å². The fourth-order valence-electron chi connectivity index (χ4n) is 2.72. The lowest BCUT2D eigenvalue weighted by Gasteiger charge is -2.35. The van der Waals surface area contributed by atoms with Crippen molar-refractivity contribution in [2.45, 2.75) is 6.04 Å². The number of anilines is 1. The fourth-order valence-corrected chi connectivity index (χ4v) is 2.98. The first-order valence-electron chi connectivity index (χ1n) is 7.52. The summed E-state index contributed by atoms with van der Waals surface area (Å²) >= 11 is 5.13. The molecule has 0 aromatic heterocycles. The van der Waals surface area contributed by atoms with Gasteiger partial charge in [-0.15, -0.1) is 0 Å². The molecule has 3 rings (SSSR count). The summed E-state index contributed by atoms with van der Waals surface area (Å²) in [6.07, 6.45) is 0. The molecule has 7 heteroatoms. The Hall–Kier alpha value is -2.80. The van der Waals surface area contributed by atoms with Gasteiger partial charge in [0.25, 0.3) is 0 Å². The molecule has 0 spiro atoms. The van der Waals surface area contributed by atoms with Crippen molar-refractivity contribution in [3.8, 4) is 0 Å². The lowest BCUT2D eigenvalue weighted by Crippen LogP contribution is -2.51. The number of rotatable bonds is 3. The number of halogens is 2. The quantitative estimate of drug-likeness (QED) is 0.737. The smallest absolute Gasteiger partial charge is 0.235 e. The second-order valence-corrected chi connectivity index (χ2v) is 6.04. The normalized spacial score (nSPS) is 19.8. The molecular formula is C18H15F2N3OS. The van der Waals surface area contributed by atoms with Crippen molar-refractivity contribution in [3.05, 3.63) is 78.0 Å². The monoisotopic (exact) mass is 359 g/mol. The van der Waals surface area contributed by atoms with Crippen molar-refractivity contribution in [1.82, 2.24) is 10.6 Å². The predicted octanol–water partition coefficient (Wildman–Crippen LogP) is 3.25. The molecule has 0 bridgehead atoms. The summed E-state index contributed by atoms with van der Waals surface area (Å²) in [6, 6.07) is 10.8. The zero-order valence-electron chi connectivity index (χ0n) is 13.1. The van der Waals surface area contributed by atoms with Crippen molar-refractivity contribution in [1.29, 1.82) is 0 Å². The van der Waals surface area contributed by atoms with E-state index in [0.29, 0.717) is 22.1 Å². The highest BCUT2D eigenvalue weighted by atomic mass is 32.1. The molecule has 3 N–H and O–H groups in total. The predicted molar refractivity (Wildman–Crippen MR) is 95.7 cm³/mol. The van der Waals surface area contributed by atoms with Gasteiger partial charge >= 0.3 is 0 Å². The number of nitrogens with one attached hydrogen (secondary N) is 3. The van der Waals surface area contributed by atoms with Crippen molar-refractivity contribution >= 4 is 28.9 Å². The summed E-state index contributed by atoms with van der Waals surface area (Å²) in [5, 5.41) is 8.84. The molecular weight excluding hydrogens is 344 g/mol. The number of carbonyl (C=O) groups is 1. The highest BCUT2D eigenvalue weighted by Crippen LogP contribution is 2.30. The minimum absolute atomic E-state index is 0.310. The summed E-state index contributed by atoms with van der Waals surface area (Å²) in [4.78, 5) is 12.8. The van der Waals surface area contributed by atoms with Crippen LogP contribution in [-0.2, 0) is 4.79 Å². The Bertz CT molecular complexity index is 838. The molecule has 4 nitrogen and oxygen atoms in total. The van der Waals surface area contributed by atoms with Gasteiger partial charge in [-0.05, 0) is 54.2 Å². The Kier molecular flexibility index (Phi) is 4.76. The van der Waals surface area contributed by atoms with Crippen molar-refractivity contribution in [2.75, 3.05) is 5.32 Å². The van der Waals surface area contributed by atoms with Crippen molar-refractivity contribution in [3.63, 3.8) is 0 Å². The zero-order chi connectivity index (χ0) is 18.0. The molecule has 0 aliphatic carbocycles. The SMILES string of the molecule is C=C1NC(=S)NC(c2cccc(F)c2)C1C(=O)Nc1ccc(F)cc1. The Morgan fingerprint density at radius 1 is 1.12 bits per heavy atom. The molecule has 2 unspecified atom stereocenters. The van der Waals surface area contributed by atoms with Crippen molar-refractivity contribution < 1.29 is 13.6 Å². The summed E-state index contributed by atoms with van der Waals surface area (Å²) in [5.41, 5.74) is 1.42. The molecule has 1 aliphatic heterocycles. The van der Waals surface area contributed by atoms with E-state index < -0.39 is 23.6 Å². The molecule has 128 valence electrons.